The first-order valence-corrected chi connectivity index (χ1v) is 10.2. The summed E-state index contributed by atoms with van der Waals surface area (Å²) >= 11 is 6.33. The van der Waals surface area contributed by atoms with E-state index in [0.717, 1.165) is 16.8 Å². The van der Waals surface area contributed by atoms with E-state index in [0.29, 0.717) is 37.7 Å². The first-order chi connectivity index (χ1) is 14.5. The fraction of sp³-hybridized carbons (Fsp3) is 0.348. The van der Waals surface area contributed by atoms with Gasteiger partial charge in [-0.2, -0.15) is 0 Å². The van der Waals surface area contributed by atoms with E-state index in [1.54, 1.807) is 18.2 Å². The maximum absolute atomic E-state index is 13.2. The second kappa shape index (κ2) is 11.2. The van der Waals surface area contributed by atoms with E-state index in [-0.39, 0.29) is 18.5 Å². The van der Waals surface area contributed by atoms with Crippen molar-refractivity contribution in [2.45, 2.75) is 25.2 Å². The molecule has 0 radical (unpaired) electrons. The summed E-state index contributed by atoms with van der Waals surface area (Å²) in [5.41, 5.74) is 2.60. The van der Waals surface area contributed by atoms with Crippen molar-refractivity contribution in [3.63, 3.8) is 0 Å². The van der Waals surface area contributed by atoms with Crippen LogP contribution in [-0.2, 0) is 16.1 Å². The van der Waals surface area contributed by atoms with Crippen LogP contribution in [0.5, 0.6) is 0 Å². The number of rotatable bonds is 11. The Morgan fingerprint density at radius 1 is 1.30 bits per heavy atom. The van der Waals surface area contributed by atoms with E-state index in [4.69, 9.17) is 21.2 Å². The van der Waals surface area contributed by atoms with E-state index < -0.39 is 6.10 Å². The summed E-state index contributed by atoms with van der Waals surface area (Å²) in [6.45, 7) is 5.72. The highest BCUT2D eigenvalue weighted by Gasteiger charge is 2.26. The molecule has 0 aliphatic carbocycles. The molecule has 0 saturated carbocycles. The lowest BCUT2D eigenvalue weighted by molar-refractivity contribution is 0.00337. The summed E-state index contributed by atoms with van der Waals surface area (Å²) in [6, 6.07) is 13.8. The largest absolute Gasteiger partial charge is 0.390 e. The Labute approximate surface area is 181 Å². The van der Waals surface area contributed by atoms with E-state index in [1.807, 2.05) is 24.3 Å². The van der Waals surface area contributed by atoms with Crippen molar-refractivity contribution in [1.82, 2.24) is 4.90 Å². The zero-order valence-electron chi connectivity index (χ0n) is 16.7. The number of nitrogens with zero attached hydrogens (tertiary/aromatic N) is 2. The van der Waals surface area contributed by atoms with Crippen LogP contribution in [0.15, 0.2) is 66.3 Å². The zero-order valence-corrected chi connectivity index (χ0v) is 17.5. The van der Waals surface area contributed by atoms with Crippen LogP contribution in [0, 0.1) is 5.82 Å². The van der Waals surface area contributed by atoms with Crippen LogP contribution in [0.1, 0.15) is 17.5 Å². The van der Waals surface area contributed by atoms with Gasteiger partial charge in [-0.05, 0) is 29.3 Å². The molecule has 0 aromatic heterocycles. The molecule has 30 heavy (non-hydrogen) atoms. The van der Waals surface area contributed by atoms with Gasteiger partial charge in [-0.1, -0.05) is 53.2 Å². The predicted octanol–water partition coefficient (Wildman–Crippen LogP) is 4.04. The Balaban J connectivity index is 1.62. The molecule has 0 amide bonds. The second-order valence-electron chi connectivity index (χ2n) is 7.24. The van der Waals surface area contributed by atoms with E-state index in [1.165, 1.54) is 12.1 Å². The molecule has 1 N–H and O–H groups in total. The van der Waals surface area contributed by atoms with E-state index >= 15 is 0 Å². The molecule has 7 heteroatoms. The Bertz CT molecular complexity index is 860. The van der Waals surface area contributed by atoms with Crippen LogP contribution < -0.4 is 0 Å². The second-order valence-corrected chi connectivity index (χ2v) is 7.65. The average molecular weight is 433 g/mol. The summed E-state index contributed by atoms with van der Waals surface area (Å²) in [5.74, 6) is -0.284. The maximum atomic E-state index is 13.2. The molecule has 2 aromatic rings. The lowest BCUT2D eigenvalue weighted by Gasteiger charge is -2.27. The number of ether oxygens (including phenoxy) is 1. The standard InChI is InChI=1S/C23H26ClFN2O3/c1-2-11-29-16-20(28)14-27(13-18-5-3-4-6-22(18)24)15-21-12-23(26-30-21)17-7-9-19(25)10-8-17/h2-10,20-21,28H,1,11-16H2/t20-,21+/m1/s1. The first-order valence-electron chi connectivity index (χ1n) is 9.86. The molecule has 160 valence electrons. The topological polar surface area (TPSA) is 54.3 Å². The Kier molecular flexibility index (Phi) is 8.39. The fourth-order valence-electron chi connectivity index (χ4n) is 3.34. The number of oxime groups is 1. The third-order valence-corrected chi connectivity index (χ3v) is 5.11. The highest BCUT2D eigenvalue weighted by atomic mass is 35.5. The van der Waals surface area contributed by atoms with Gasteiger partial charge >= 0.3 is 0 Å². The minimum absolute atomic E-state index is 0.172. The van der Waals surface area contributed by atoms with Crippen LogP contribution in [0.2, 0.25) is 5.02 Å². The van der Waals surface area contributed by atoms with Crippen LogP contribution in [0.3, 0.4) is 0 Å². The highest BCUT2D eigenvalue weighted by Crippen LogP contribution is 2.21. The Morgan fingerprint density at radius 3 is 2.80 bits per heavy atom. The summed E-state index contributed by atoms with van der Waals surface area (Å²) in [4.78, 5) is 7.70. The summed E-state index contributed by atoms with van der Waals surface area (Å²) in [5, 5.41) is 15.2. The van der Waals surface area contributed by atoms with Crippen molar-refractivity contribution in [2.24, 2.45) is 5.16 Å². The third kappa shape index (κ3) is 6.64. The molecule has 2 atom stereocenters. The van der Waals surface area contributed by atoms with Gasteiger partial charge in [-0.25, -0.2) is 4.39 Å². The van der Waals surface area contributed by atoms with Gasteiger partial charge in [0, 0.05) is 31.1 Å². The van der Waals surface area contributed by atoms with E-state index in [9.17, 15) is 9.50 Å². The molecule has 5 nitrogen and oxygen atoms in total. The number of benzene rings is 2. The molecular weight excluding hydrogens is 407 g/mol. The van der Waals surface area contributed by atoms with Crippen molar-refractivity contribution in [2.75, 3.05) is 26.3 Å². The molecule has 1 aliphatic heterocycles. The molecule has 1 heterocycles. The van der Waals surface area contributed by atoms with Gasteiger partial charge in [0.05, 0.1) is 25.0 Å². The average Bonchev–Trinajstić information content (AvgIpc) is 3.19. The molecule has 0 saturated heterocycles. The molecule has 3 rings (SSSR count). The summed E-state index contributed by atoms with van der Waals surface area (Å²) in [6.07, 6.45) is 1.42. The highest BCUT2D eigenvalue weighted by molar-refractivity contribution is 6.31. The van der Waals surface area contributed by atoms with E-state index in [2.05, 4.69) is 16.6 Å². The van der Waals surface area contributed by atoms with Crippen molar-refractivity contribution >= 4 is 17.3 Å². The molecule has 0 unspecified atom stereocenters. The van der Waals surface area contributed by atoms with Crippen LogP contribution >= 0.6 is 11.6 Å². The maximum Gasteiger partial charge on any atom is 0.145 e. The van der Waals surface area contributed by atoms with Crippen molar-refractivity contribution in [3.05, 3.63) is 83.2 Å². The quantitative estimate of drug-likeness (QED) is 0.430. The third-order valence-electron chi connectivity index (χ3n) is 4.74. The number of aliphatic hydroxyl groups excluding tert-OH is 1. The summed E-state index contributed by atoms with van der Waals surface area (Å²) in [7, 11) is 0. The lowest BCUT2D eigenvalue weighted by atomic mass is 10.0. The summed E-state index contributed by atoms with van der Waals surface area (Å²) < 4.78 is 18.5. The van der Waals surface area contributed by atoms with Gasteiger partial charge in [0.1, 0.15) is 11.9 Å². The number of aliphatic hydroxyl groups is 1. The van der Waals surface area contributed by atoms with Crippen LogP contribution in [0.4, 0.5) is 4.39 Å². The van der Waals surface area contributed by atoms with Gasteiger partial charge in [0.2, 0.25) is 0 Å². The van der Waals surface area contributed by atoms with Crippen molar-refractivity contribution in [1.29, 1.82) is 0 Å². The first kappa shape index (κ1) is 22.4. The fourth-order valence-corrected chi connectivity index (χ4v) is 3.53. The zero-order chi connectivity index (χ0) is 21.3. The normalized spacial score (nSPS) is 16.9. The molecule has 0 fully saturated rings. The van der Waals surface area contributed by atoms with Crippen molar-refractivity contribution in [3.8, 4) is 0 Å². The molecule has 0 spiro atoms. The molecule has 1 aliphatic rings. The number of hydrogen-bond acceptors (Lipinski definition) is 5. The smallest absolute Gasteiger partial charge is 0.145 e. The minimum Gasteiger partial charge on any atom is -0.390 e. The number of halogens is 2. The SMILES string of the molecule is C=CCOC[C@H](O)CN(Cc1ccccc1Cl)C[C@@H]1CC(c2ccc(F)cc2)=NO1. The predicted molar refractivity (Wildman–Crippen MR) is 116 cm³/mol. The monoisotopic (exact) mass is 432 g/mol. The van der Waals surface area contributed by atoms with Crippen LogP contribution in [-0.4, -0.2) is 54.2 Å². The van der Waals surface area contributed by atoms with Gasteiger partial charge in [0.25, 0.3) is 0 Å². The van der Waals surface area contributed by atoms with Gasteiger partial charge < -0.3 is 14.7 Å². The lowest BCUT2D eigenvalue weighted by Crippen LogP contribution is -2.39. The Hall–Kier alpha value is -2.25. The minimum atomic E-state index is -0.661. The van der Waals surface area contributed by atoms with Gasteiger partial charge in [-0.3, -0.25) is 4.90 Å². The molecule has 2 aromatic carbocycles. The van der Waals surface area contributed by atoms with Gasteiger partial charge in [-0.15, -0.1) is 6.58 Å². The molecular formula is C23H26ClFN2O3. The number of hydrogen-bond donors (Lipinski definition) is 1. The molecule has 0 bridgehead atoms. The van der Waals surface area contributed by atoms with Crippen LogP contribution in [0.25, 0.3) is 0 Å². The Morgan fingerprint density at radius 2 is 2.07 bits per heavy atom. The van der Waals surface area contributed by atoms with Crippen molar-refractivity contribution < 1.29 is 19.1 Å². The van der Waals surface area contributed by atoms with Gasteiger partial charge in [0.15, 0.2) is 0 Å².